The van der Waals surface area contributed by atoms with Crippen LogP contribution in [-0.2, 0) is 4.79 Å². The molecule has 2 rings (SSSR count). The molecule has 3 nitrogen and oxygen atoms in total. The van der Waals surface area contributed by atoms with Crippen LogP contribution in [0.25, 0.3) is 0 Å². The number of carbonyl (C=O) groups is 1. The number of hydrogen-bond acceptors (Lipinski definition) is 3. The van der Waals surface area contributed by atoms with E-state index in [0.717, 1.165) is 24.9 Å². The monoisotopic (exact) mass is 308 g/mol. The van der Waals surface area contributed by atoms with Crippen molar-refractivity contribution in [2.45, 2.75) is 65.8 Å². The smallest absolute Gasteiger partial charge is 0.149 e. The van der Waals surface area contributed by atoms with Gasteiger partial charge in [0, 0.05) is 12.0 Å². The zero-order valence-electron chi connectivity index (χ0n) is 15.2. The van der Waals surface area contributed by atoms with Gasteiger partial charge in [-0.15, -0.1) is 0 Å². The Kier molecular flexibility index (Phi) is 6.88. The molecule has 0 amide bonds. The molecule has 0 aromatic carbocycles. The van der Waals surface area contributed by atoms with Crippen LogP contribution in [0.3, 0.4) is 0 Å². The molecular weight excluding hydrogens is 272 g/mol. The summed E-state index contributed by atoms with van der Waals surface area (Å²) in [5.41, 5.74) is 0. The van der Waals surface area contributed by atoms with Gasteiger partial charge in [0.15, 0.2) is 0 Å². The summed E-state index contributed by atoms with van der Waals surface area (Å²) in [4.78, 5) is 16.8. The van der Waals surface area contributed by atoms with Gasteiger partial charge in [0.1, 0.15) is 5.78 Å². The van der Waals surface area contributed by atoms with E-state index in [2.05, 4.69) is 23.6 Å². The summed E-state index contributed by atoms with van der Waals surface area (Å²) in [5, 5.41) is 0. The summed E-state index contributed by atoms with van der Waals surface area (Å²) in [7, 11) is 0. The van der Waals surface area contributed by atoms with Crippen LogP contribution in [0.15, 0.2) is 0 Å². The number of nitrogens with zero attached hydrogens (tertiary/aromatic N) is 2. The molecule has 0 bridgehead atoms. The van der Waals surface area contributed by atoms with Gasteiger partial charge in [-0.1, -0.05) is 13.8 Å². The second-order valence-corrected chi connectivity index (χ2v) is 8.15. The van der Waals surface area contributed by atoms with Crippen molar-refractivity contribution in [3.63, 3.8) is 0 Å². The number of hydrogen-bond donors (Lipinski definition) is 0. The lowest BCUT2D eigenvalue weighted by atomic mass is 9.82. The number of Topliss-reactive ketones (excluding diaryl/α,β-unsaturated/α-hetero) is 1. The topological polar surface area (TPSA) is 23.6 Å². The Morgan fingerprint density at radius 1 is 0.909 bits per heavy atom. The molecule has 3 heteroatoms. The first kappa shape index (κ1) is 17.9. The minimum atomic E-state index is 0.184. The highest BCUT2D eigenvalue weighted by atomic mass is 16.1. The van der Waals surface area contributed by atoms with Crippen LogP contribution in [0.4, 0.5) is 0 Å². The molecule has 2 saturated heterocycles. The minimum Gasteiger partial charge on any atom is -0.301 e. The highest BCUT2D eigenvalue weighted by Crippen LogP contribution is 2.30. The van der Waals surface area contributed by atoms with E-state index in [4.69, 9.17) is 0 Å². The Morgan fingerprint density at radius 3 is 1.86 bits per heavy atom. The maximum atomic E-state index is 11.8. The van der Waals surface area contributed by atoms with Gasteiger partial charge in [-0.2, -0.15) is 0 Å². The lowest BCUT2D eigenvalue weighted by molar-refractivity contribution is -0.123. The van der Waals surface area contributed by atoms with Crippen molar-refractivity contribution in [1.29, 1.82) is 0 Å². The number of carbonyl (C=O) groups excluding carboxylic acids is 1. The molecule has 2 heterocycles. The summed E-state index contributed by atoms with van der Waals surface area (Å²) in [6.45, 7) is 14.2. The largest absolute Gasteiger partial charge is 0.301 e. The molecule has 0 unspecified atom stereocenters. The highest BCUT2D eigenvalue weighted by Gasteiger charge is 2.26. The first-order valence-electron chi connectivity index (χ1n) is 9.44. The average Bonchev–Trinajstić information content (AvgIpc) is 2.49. The number of likely N-dealkylation sites (tertiary alicyclic amines) is 2. The van der Waals surface area contributed by atoms with E-state index in [1.807, 2.05) is 13.8 Å². The molecule has 128 valence electrons. The van der Waals surface area contributed by atoms with Gasteiger partial charge in [0.05, 0.1) is 6.54 Å². The Balaban J connectivity index is 1.65. The van der Waals surface area contributed by atoms with E-state index < -0.39 is 0 Å². The third kappa shape index (κ3) is 5.34. The van der Waals surface area contributed by atoms with Crippen LogP contribution in [0, 0.1) is 17.8 Å². The van der Waals surface area contributed by atoms with Crippen molar-refractivity contribution < 1.29 is 4.79 Å². The first-order chi connectivity index (χ1) is 10.5. The maximum absolute atomic E-state index is 11.8. The van der Waals surface area contributed by atoms with E-state index in [9.17, 15) is 4.79 Å². The van der Waals surface area contributed by atoms with Gasteiger partial charge in [-0.25, -0.2) is 0 Å². The number of piperidine rings is 2. The molecule has 0 aromatic rings. The molecule has 2 aliphatic rings. The van der Waals surface area contributed by atoms with Crippen LogP contribution >= 0.6 is 0 Å². The van der Waals surface area contributed by atoms with Crippen molar-refractivity contribution in [3.05, 3.63) is 0 Å². The van der Waals surface area contributed by atoms with E-state index >= 15 is 0 Å². The lowest BCUT2D eigenvalue weighted by Crippen LogP contribution is -2.41. The Bertz CT molecular complexity index is 337. The molecule has 0 aliphatic carbocycles. The van der Waals surface area contributed by atoms with Gasteiger partial charge >= 0.3 is 0 Å². The van der Waals surface area contributed by atoms with Crippen molar-refractivity contribution >= 4 is 5.78 Å². The molecule has 0 N–H and O–H groups in total. The van der Waals surface area contributed by atoms with Crippen LogP contribution in [0.2, 0.25) is 0 Å². The molecule has 0 saturated carbocycles. The second-order valence-electron chi connectivity index (χ2n) is 8.15. The maximum Gasteiger partial charge on any atom is 0.149 e. The average molecular weight is 309 g/mol. The summed E-state index contributed by atoms with van der Waals surface area (Å²) in [5.74, 6) is 2.44. The summed E-state index contributed by atoms with van der Waals surface area (Å²) < 4.78 is 0. The van der Waals surface area contributed by atoms with Gasteiger partial charge in [-0.3, -0.25) is 9.69 Å². The Morgan fingerprint density at radius 2 is 1.41 bits per heavy atom. The van der Waals surface area contributed by atoms with Gasteiger partial charge < -0.3 is 4.90 Å². The molecule has 2 aliphatic heterocycles. The molecule has 0 aromatic heterocycles. The van der Waals surface area contributed by atoms with Gasteiger partial charge in [0.2, 0.25) is 0 Å². The predicted octanol–water partition coefficient (Wildman–Crippen LogP) is 3.43. The predicted molar refractivity (Wildman–Crippen MR) is 93.1 cm³/mol. The standard InChI is InChI=1S/C19H36N2O/c1-15(2)19(22)14-20-9-5-17(6-10-20)13-18-7-11-21(12-8-18)16(3)4/h15-18H,5-14H2,1-4H3. The van der Waals surface area contributed by atoms with E-state index in [-0.39, 0.29) is 5.92 Å². The normalized spacial score (nSPS) is 23.5. The Hall–Kier alpha value is -0.410. The van der Waals surface area contributed by atoms with Gasteiger partial charge in [-0.05, 0) is 84.0 Å². The molecule has 2 fully saturated rings. The molecular formula is C19H36N2O. The summed E-state index contributed by atoms with van der Waals surface area (Å²) in [6, 6.07) is 0.711. The van der Waals surface area contributed by atoms with Crippen LogP contribution in [-0.4, -0.2) is 54.3 Å². The summed E-state index contributed by atoms with van der Waals surface area (Å²) in [6.07, 6.45) is 6.82. The van der Waals surface area contributed by atoms with Crippen molar-refractivity contribution in [2.24, 2.45) is 17.8 Å². The van der Waals surface area contributed by atoms with E-state index in [0.29, 0.717) is 18.4 Å². The van der Waals surface area contributed by atoms with Crippen LogP contribution in [0.1, 0.15) is 59.8 Å². The lowest BCUT2D eigenvalue weighted by Gasteiger charge is -2.38. The fourth-order valence-corrected chi connectivity index (χ4v) is 3.96. The quantitative estimate of drug-likeness (QED) is 0.751. The fraction of sp³-hybridized carbons (Fsp3) is 0.947. The fourth-order valence-electron chi connectivity index (χ4n) is 3.96. The third-order valence-electron chi connectivity index (χ3n) is 5.78. The highest BCUT2D eigenvalue weighted by molar-refractivity contribution is 5.82. The SMILES string of the molecule is CC(C)C(=O)CN1CCC(CC2CCN(C(C)C)CC2)CC1. The first-order valence-corrected chi connectivity index (χ1v) is 9.44. The van der Waals surface area contributed by atoms with Crippen molar-refractivity contribution in [1.82, 2.24) is 9.80 Å². The number of ketones is 1. The Labute approximate surface area is 137 Å². The zero-order chi connectivity index (χ0) is 16.1. The molecule has 0 atom stereocenters. The second kappa shape index (κ2) is 8.44. The molecule has 0 spiro atoms. The van der Waals surface area contributed by atoms with Crippen molar-refractivity contribution in [3.8, 4) is 0 Å². The van der Waals surface area contributed by atoms with Gasteiger partial charge in [0.25, 0.3) is 0 Å². The minimum absolute atomic E-state index is 0.184. The molecule has 22 heavy (non-hydrogen) atoms. The zero-order valence-corrected chi connectivity index (χ0v) is 15.2. The van der Waals surface area contributed by atoms with Crippen LogP contribution < -0.4 is 0 Å². The van der Waals surface area contributed by atoms with Crippen LogP contribution in [0.5, 0.6) is 0 Å². The van der Waals surface area contributed by atoms with E-state index in [1.165, 1.54) is 45.2 Å². The summed E-state index contributed by atoms with van der Waals surface area (Å²) >= 11 is 0. The number of rotatable bonds is 6. The van der Waals surface area contributed by atoms with Crippen molar-refractivity contribution in [2.75, 3.05) is 32.7 Å². The third-order valence-corrected chi connectivity index (χ3v) is 5.78. The molecule has 0 radical (unpaired) electrons. The van der Waals surface area contributed by atoms with E-state index in [1.54, 1.807) is 0 Å².